The smallest absolute Gasteiger partial charge is 0.323 e. The molecule has 0 unspecified atom stereocenters. The number of ether oxygens (including phenoxy) is 1. The standard InChI is InChI=1S/C9H15NO4/c1-4-5-10(2)7(6-8(11)12)9(13)14-3/h4,7H,1,5-6H2,2-3H3,(H,11,12)/t7-/m0/s1. The summed E-state index contributed by atoms with van der Waals surface area (Å²) < 4.78 is 4.50. The molecule has 0 bridgehead atoms. The number of carbonyl (C=O) groups is 2. The molecule has 0 rings (SSSR count). The van der Waals surface area contributed by atoms with Crippen LogP contribution < -0.4 is 0 Å². The van der Waals surface area contributed by atoms with Crippen molar-refractivity contribution in [3.63, 3.8) is 0 Å². The van der Waals surface area contributed by atoms with Crippen molar-refractivity contribution in [3.8, 4) is 0 Å². The van der Waals surface area contributed by atoms with Gasteiger partial charge in [-0.2, -0.15) is 0 Å². The number of methoxy groups -OCH3 is 1. The van der Waals surface area contributed by atoms with Gasteiger partial charge in [0.2, 0.25) is 0 Å². The molecule has 5 nitrogen and oxygen atoms in total. The Morgan fingerprint density at radius 1 is 1.64 bits per heavy atom. The maximum atomic E-state index is 11.2. The predicted octanol–water partition coefficient (Wildman–Crippen LogP) is 0.120. The van der Waals surface area contributed by atoms with Crippen molar-refractivity contribution in [2.75, 3.05) is 20.7 Å². The lowest BCUT2D eigenvalue weighted by Gasteiger charge is -2.22. The predicted molar refractivity (Wildman–Crippen MR) is 50.9 cm³/mol. The normalized spacial score (nSPS) is 12.2. The Morgan fingerprint density at radius 3 is 2.57 bits per heavy atom. The summed E-state index contributed by atoms with van der Waals surface area (Å²) in [6.45, 7) is 3.94. The number of hydrogen-bond donors (Lipinski definition) is 1. The first-order chi connectivity index (χ1) is 6.52. The Bertz CT molecular complexity index is 227. The zero-order chi connectivity index (χ0) is 11.1. The van der Waals surface area contributed by atoms with Crippen molar-refractivity contribution in [1.29, 1.82) is 0 Å². The number of likely N-dealkylation sites (N-methyl/N-ethyl adjacent to an activating group) is 1. The van der Waals surface area contributed by atoms with Gasteiger partial charge < -0.3 is 9.84 Å². The van der Waals surface area contributed by atoms with Gasteiger partial charge in [-0.05, 0) is 7.05 Å². The minimum absolute atomic E-state index is 0.267. The summed E-state index contributed by atoms with van der Waals surface area (Å²) >= 11 is 0. The quantitative estimate of drug-likeness (QED) is 0.488. The van der Waals surface area contributed by atoms with Gasteiger partial charge in [-0.25, -0.2) is 0 Å². The van der Waals surface area contributed by atoms with Crippen molar-refractivity contribution in [2.45, 2.75) is 12.5 Å². The molecule has 0 radical (unpaired) electrons. The molecule has 0 fully saturated rings. The van der Waals surface area contributed by atoms with Gasteiger partial charge in [-0.15, -0.1) is 6.58 Å². The van der Waals surface area contributed by atoms with Crippen molar-refractivity contribution in [3.05, 3.63) is 12.7 Å². The van der Waals surface area contributed by atoms with Gasteiger partial charge in [0, 0.05) is 6.54 Å². The Morgan fingerprint density at radius 2 is 2.21 bits per heavy atom. The molecule has 14 heavy (non-hydrogen) atoms. The van der Waals surface area contributed by atoms with E-state index in [9.17, 15) is 9.59 Å². The highest BCUT2D eigenvalue weighted by atomic mass is 16.5. The highest BCUT2D eigenvalue weighted by molar-refractivity contribution is 5.81. The van der Waals surface area contributed by atoms with Crippen LogP contribution in [0.5, 0.6) is 0 Å². The number of carbonyl (C=O) groups excluding carboxylic acids is 1. The van der Waals surface area contributed by atoms with Crippen LogP contribution in [0.25, 0.3) is 0 Å². The minimum atomic E-state index is -1.03. The van der Waals surface area contributed by atoms with E-state index in [0.717, 1.165) is 0 Å². The second-order valence-electron chi connectivity index (χ2n) is 2.87. The van der Waals surface area contributed by atoms with Gasteiger partial charge in [0.1, 0.15) is 6.04 Å². The molecule has 0 aromatic rings. The molecule has 1 atom stereocenters. The third-order valence-corrected chi connectivity index (χ3v) is 1.79. The molecule has 1 N–H and O–H groups in total. The van der Waals surface area contributed by atoms with Gasteiger partial charge >= 0.3 is 11.9 Å². The molecule has 0 saturated heterocycles. The third-order valence-electron chi connectivity index (χ3n) is 1.79. The fraction of sp³-hybridized carbons (Fsp3) is 0.556. The molecule has 80 valence electrons. The van der Waals surface area contributed by atoms with Crippen molar-refractivity contribution < 1.29 is 19.4 Å². The van der Waals surface area contributed by atoms with E-state index in [0.29, 0.717) is 6.54 Å². The third kappa shape index (κ3) is 4.04. The summed E-state index contributed by atoms with van der Waals surface area (Å²) in [5.74, 6) is -1.58. The largest absolute Gasteiger partial charge is 0.481 e. The van der Waals surface area contributed by atoms with Crippen LogP contribution in [-0.2, 0) is 14.3 Å². The zero-order valence-electron chi connectivity index (χ0n) is 8.40. The van der Waals surface area contributed by atoms with E-state index in [-0.39, 0.29) is 6.42 Å². The van der Waals surface area contributed by atoms with Crippen LogP contribution in [0.4, 0.5) is 0 Å². The molecule has 0 amide bonds. The number of carboxylic acid groups (broad SMARTS) is 1. The summed E-state index contributed by atoms with van der Waals surface area (Å²) in [6.07, 6.45) is 1.33. The molecule has 0 aliphatic carbocycles. The average Bonchev–Trinajstić information content (AvgIpc) is 2.13. The summed E-state index contributed by atoms with van der Waals surface area (Å²) in [7, 11) is 2.88. The lowest BCUT2D eigenvalue weighted by Crippen LogP contribution is -2.40. The summed E-state index contributed by atoms with van der Waals surface area (Å²) in [5.41, 5.74) is 0. The monoisotopic (exact) mass is 201 g/mol. The summed E-state index contributed by atoms with van der Waals surface area (Å²) in [6, 6.07) is -0.754. The maximum Gasteiger partial charge on any atom is 0.323 e. The average molecular weight is 201 g/mol. The Balaban J connectivity index is 4.44. The fourth-order valence-corrected chi connectivity index (χ4v) is 1.05. The molecular weight excluding hydrogens is 186 g/mol. The van der Waals surface area contributed by atoms with Crippen LogP contribution in [-0.4, -0.2) is 48.7 Å². The first-order valence-corrected chi connectivity index (χ1v) is 4.13. The van der Waals surface area contributed by atoms with E-state index in [2.05, 4.69) is 11.3 Å². The van der Waals surface area contributed by atoms with E-state index in [4.69, 9.17) is 5.11 Å². The zero-order valence-corrected chi connectivity index (χ0v) is 8.40. The number of carboxylic acids is 1. The molecule has 0 aromatic heterocycles. The molecule has 5 heteroatoms. The van der Waals surface area contributed by atoms with Gasteiger partial charge in [-0.3, -0.25) is 14.5 Å². The first kappa shape index (κ1) is 12.6. The number of hydrogen-bond acceptors (Lipinski definition) is 4. The van der Waals surface area contributed by atoms with Gasteiger partial charge in [-0.1, -0.05) is 6.08 Å². The van der Waals surface area contributed by atoms with E-state index >= 15 is 0 Å². The van der Waals surface area contributed by atoms with Crippen LogP contribution in [0.3, 0.4) is 0 Å². The van der Waals surface area contributed by atoms with Crippen LogP contribution in [0.2, 0.25) is 0 Å². The minimum Gasteiger partial charge on any atom is -0.481 e. The molecule has 0 aliphatic rings. The second kappa shape index (κ2) is 6.15. The topological polar surface area (TPSA) is 66.8 Å². The van der Waals surface area contributed by atoms with E-state index in [1.807, 2.05) is 0 Å². The molecule has 0 aromatic carbocycles. The van der Waals surface area contributed by atoms with Crippen LogP contribution in [0.1, 0.15) is 6.42 Å². The molecule has 0 heterocycles. The summed E-state index contributed by atoms with van der Waals surface area (Å²) in [5, 5.41) is 8.59. The highest BCUT2D eigenvalue weighted by Crippen LogP contribution is 2.04. The Kier molecular flexibility index (Phi) is 5.55. The second-order valence-corrected chi connectivity index (χ2v) is 2.87. The first-order valence-electron chi connectivity index (χ1n) is 4.13. The van der Waals surface area contributed by atoms with Crippen molar-refractivity contribution in [1.82, 2.24) is 4.90 Å². The van der Waals surface area contributed by atoms with Gasteiger partial charge in [0.25, 0.3) is 0 Å². The SMILES string of the molecule is C=CCN(C)[C@@H](CC(=O)O)C(=O)OC. The Hall–Kier alpha value is -1.36. The van der Waals surface area contributed by atoms with Gasteiger partial charge in [0.05, 0.1) is 13.5 Å². The van der Waals surface area contributed by atoms with Crippen molar-refractivity contribution >= 4 is 11.9 Å². The van der Waals surface area contributed by atoms with Gasteiger partial charge in [0.15, 0.2) is 0 Å². The fourth-order valence-electron chi connectivity index (χ4n) is 1.05. The lowest BCUT2D eigenvalue weighted by molar-refractivity contribution is -0.151. The van der Waals surface area contributed by atoms with Crippen LogP contribution in [0, 0.1) is 0 Å². The Labute approximate surface area is 83.0 Å². The summed E-state index contributed by atoms with van der Waals surface area (Å²) in [4.78, 5) is 23.3. The van der Waals surface area contributed by atoms with E-state index < -0.39 is 18.0 Å². The number of esters is 1. The molecule has 0 aliphatic heterocycles. The number of rotatable bonds is 6. The number of aliphatic carboxylic acids is 1. The molecular formula is C9H15NO4. The van der Waals surface area contributed by atoms with Crippen LogP contribution in [0.15, 0.2) is 12.7 Å². The maximum absolute atomic E-state index is 11.2. The highest BCUT2D eigenvalue weighted by Gasteiger charge is 2.25. The lowest BCUT2D eigenvalue weighted by atomic mass is 10.2. The van der Waals surface area contributed by atoms with Crippen LogP contribution >= 0.6 is 0 Å². The van der Waals surface area contributed by atoms with E-state index in [1.165, 1.54) is 7.11 Å². The van der Waals surface area contributed by atoms with E-state index in [1.54, 1.807) is 18.0 Å². The molecule has 0 spiro atoms. The van der Waals surface area contributed by atoms with Crippen molar-refractivity contribution in [2.24, 2.45) is 0 Å². The molecule has 0 saturated carbocycles. The number of nitrogens with zero attached hydrogens (tertiary/aromatic N) is 1.